The Balaban J connectivity index is 1.63. The molecule has 1 saturated heterocycles. The second kappa shape index (κ2) is 12.3. The minimum Gasteiger partial charge on any atom is -0.495 e. The number of carbonyl (C=O) groups is 1. The molecule has 3 aromatic rings. The zero-order valence-electron chi connectivity index (χ0n) is 22.4. The minimum atomic E-state index is -4.57. The molecule has 3 heterocycles. The van der Waals surface area contributed by atoms with Crippen LogP contribution in [0, 0.1) is 11.8 Å². The topological polar surface area (TPSA) is 82.9 Å². The molecule has 214 valence electrons. The van der Waals surface area contributed by atoms with Crippen LogP contribution in [0.15, 0.2) is 41.6 Å². The Morgan fingerprint density at radius 1 is 1.27 bits per heavy atom. The maximum absolute atomic E-state index is 14.7. The van der Waals surface area contributed by atoms with Crippen molar-refractivity contribution in [2.24, 2.45) is 0 Å². The monoisotopic (exact) mass is 578 g/mol. The first-order chi connectivity index (χ1) is 19.0. The van der Waals surface area contributed by atoms with Crippen molar-refractivity contribution >= 4 is 34.7 Å². The average molecular weight is 579 g/mol. The lowest BCUT2D eigenvalue weighted by Gasteiger charge is -2.33. The Hall–Kier alpha value is -3.63. The highest BCUT2D eigenvalue weighted by Crippen LogP contribution is 2.39. The second-order valence-corrected chi connectivity index (χ2v) is 10.4. The molecule has 0 spiro atoms. The van der Waals surface area contributed by atoms with E-state index < -0.39 is 23.8 Å². The number of fused-ring (bicyclic) bond motifs is 1. The van der Waals surface area contributed by atoms with Crippen LogP contribution in [0.5, 0.6) is 5.75 Å². The molecule has 40 heavy (non-hydrogen) atoms. The first-order valence-electron chi connectivity index (χ1n) is 12.5. The first kappa shape index (κ1) is 29.4. The Morgan fingerprint density at radius 3 is 2.73 bits per heavy atom. The van der Waals surface area contributed by atoms with Gasteiger partial charge in [0.2, 0.25) is 0 Å². The first-order valence-corrected chi connectivity index (χ1v) is 13.3. The van der Waals surface area contributed by atoms with Crippen LogP contribution < -0.4 is 20.7 Å². The number of anilines is 2. The number of hydrogen-bond acceptors (Lipinski definition) is 7. The van der Waals surface area contributed by atoms with Crippen LogP contribution >= 0.6 is 11.8 Å². The Labute approximate surface area is 233 Å². The van der Waals surface area contributed by atoms with E-state index in [4.69, 9.17) is 4.74 Å². The fourth-order valence-corrected chi connectivity index (χ4v) is 5.07. The van der Waals surface area contributed by atoms with Crippen LogP contribution in [-0.4, -0.2) is 78.3 Å². The van der Waals surface area contributed by atoms with Crippen LogP contribution in [0.3, 0.4) is 0 Å². The van der Waals surface area contributed by atoms with Crippen molar-refractivity contribution in [3.63, 3.8) is 0 Å². The molecular formula is C27H30F4N6O2S. The summed E-state index contributed by atoms with van der Waals surface area (Å²) in [6.45, 7) is 2.71. The molecule has 1 fully saturated rings. The molecule has 8 nitrogen and oxygen atoms in total. The predicted molar refractivity (Wildman–Crippen MR) is 148 cm³/mol. The van der Waals surface area contributed by atoms with Gasteiger partial charge in [0.25, 0.3) is 5.91 Å². The molecule has 0 aliphatic carbocycles. The number of nitrogens with one attached hydrogen (secondary N) is 3. The molecule has 0 unspecified atom stereocenters. The molecule has 0 saturated carbocycles. The summed E-state index contributed by atoms with van der Waals surface area (Å²) in [4.78, 5) is 18.2. The van der Waals surface area contributed by atoms with E-state index in [1.165, 1.54) is 24.8 Å². The maximum atomic E-state index is 14.7. The van der Waals surface area contributed by atoms with Crippen LogP contribution in [-0.2, 0) is 0 Å². The Morgan fingerprint density at radius 2 is 2.05 bits per heavy atom. The molecule has 1 aliphatic heterocycles. The quantitative estimate of drug-likeness (QED) is 0.215. The number of rotatable bonds is 7. The third-order valence-electron chi connectivity index (χ3n) is 6.37. The number of ether oxygens (including phenoxy) is 1. The number of aromatic nitrogens is 2. The number of hydrogen-bond donors (Lipinski definition) is 3. The number of methoxy groups -OCH3 is 1. The van der Waals surface area contributed by atoms with E-state index in [-0.39, 0.29) is 40.6 Å². The van der Waals surface area contributed by atoms with Gasteiger partial charge >= 0.3 is 5.51 Å². The van der Waals surface area contributed by atoms with E-state index in [1.807, 2.05) is 11.9 Å². The number of amides is 1. The van der Waals surface area contributed by atoms with Crippen LogP contribution in [0.2, 0.25) is 0 Å². The number of alkyl halides is 4. The lowest BCUT2D eigenvalue weighted by atomic mass is 10.0. The smallest absolute Gasteiger partial charge is 0.447 e. The van der Waals surface area contributed by atoms with E-state index in [2.05, 4.69) is 32.8 Å². The van der Waals surface area contributed by atoms with Crippen molar-refractivity contribution in [3.05, 3.63) is 47.8 Å². The third-order valence-corrected chi connectivity index (χ3v) is 7.19. The standard InChI is InChI=1S/C27H30F4N6O2S/c1-16(33-20-10-8-17(25(38)32-2)14-23(20)39-4)7-9-22-26(40-27(29,30)31)37-12-5-6-21(24(37)35-22)34-19-11-13-36(3)15-18(19)28/h5-6,8,10,12,14,16,18-19,33-34H,11,13,15H2,1-4H3,(H,32,38)/t16-,18+,19-/m1/s1. The summed E-state index contributed by atoms with van der Waals surface area (Å²) in [6, 6.07) is 7.12. The van der Waals surface area contributed by atoms with Gasteiger partial charge in [-0.25, -0.2) is 9.37 Å². The number of likely N-dealkylation sites (tertiary alicyclic amines) is 1. The number of piperidine rings is 1. The van der Waals surface area contributed by atoms with E-state index in [9.17, 15) is 22.4 Å². The third kappa shape index (κ3) is 6.92. The van der Waals surface area contributed by atoms with Gasteiger partial charge in [0.05, 0.1) is 30.6 Å². The van der Waals surface area contributed by atoms with Crippen molar-refractivity contribution in [1.82, 2.24) is 19.6 Å². The Kier molecular flexibility index (Phi) is 9.00. The van der Waals surface area contributed by atoms with E-state index in [1.54, 1.807) is 37.3 Å². The van der Waals surface area contributed by atoms with Crippen LogP contribution in [0.1, 0.15) is 29.4 Å². The fraction of sp³-hybridized carbons (Fsp3) is 0.407. The van der Waals surface area contributed by atoms with Gasteiger partial charge in [-0.05, 0) is 56.6 Å². The molecular weight excluding hydrogens is 548 g/mol. The van der Waals surface area contributed by atoms with Crippen molar-refractivity contribution in [3.8, 4) is 17.6 Å². The highest BCUT2D eigenvalue weighted by Gasteiger charge is 2.34. The lowest BCUT2D eigenvalue weighted by Crippen LogP contribution is -2.46. The van der Waals surface area contributed by atoms with Gasteiger partial charge in [0, 0.05) is 43.7 Å². The van der Waals surface area contributed by atoms with E-state index in [0.29, 0.717) is 35.7 Å². The molecule has 4 rings (SSSR count). The molecule has 2 aromatic heterocycles. The summed E-state index contributed by atoms with van der Waals surface area (Å²) in [6.07, 6.45) is 0.897. The van der Waals surface area contributed by atoms with E-state index >= 15 is 0 Å². The van der Waals surface area contributed by atoms with Crippen LogP contribution in [0.25, 0.3) is 5.65 Å². The largest absolute Gasteiger partial charge is 0.495 e. The summed E-state index contributed by atoms with van der Waals surface area (Å²) in [5, 5.41) is 8.64. The number of thioether (sulfide) groups is 1. The molecule has 13 heteroatoms. The van der Waals surface area contributed by atoms with Crippen molar-refractivity contribution in [2.45, 2.75) is 42.1 Å². The molecule has 0 radical (unpaired) electrons. The van der Waals surface area contributed by atoms with Gasteiger partial charge in [0.1, 0.15) is 22.6 Å². The summed E-state index contributed by atoms with van der Waals surface area (Å²) < 4.78 is 61.9. The highest BCUT2D eigenvalue weighted by molar-refractivity contribution is 8.00. The molecule has 1 amide bonds. The van der Waals surface area contributed by atoms with Gasteiger partial charge in [-0.15, -0.1) is 0 Å². The highest BCUT2D eigenvalue weighted by atomic mass is 32.2. The van der Waals surface area contributed by atoms with Gasteiger partial charge in [-0.1, -0.05) is 5.92 Å². The average Bonchev–Trinajstić information content (AvgIpc) is 3.25. The van der Waals surface area contributed by atoms with Crippen molar-refractivity contribution in [2.75, 3.05) is 44.9 Å². The van der Waals surface area contributed by atoms with Gasteiger partial charge < -0.3 is 25.6 Å². The molecule has 3 atom stereocenters. The zero-order valence-corrected chi connectivity index (χ0v) is 23.2. The number of nitrogens with zero attached hydrogens (tertiary/aromatic N) is 3. The van der Waals surface area contributed by atoms with E-state index in [0.717, 1.165) is 0 Å². The van der Waals surface area contributed by atoms with Crippen molar-refractivity contribution in [1.29, 1.82) is 0 Å². The lowest BCUT2D eigenvalue weighted by molar-refractivity contribution is -0.0330. The predicted octanol–water partition coefficient (Wildman–Crippen LogP) is 4.62. The van der Waals surface area contributed by atoms with Crippen molar-refractivity contribution < 1.29 is 27.1 Å². The number of halogens is 4. The number of pyridine rings is 1. The molecule has 3 N–H and O–H groups in total. The number of imidazole rings is 1. The molecule has 1 aliphatic rings. The Bertz CT molecular complexity index is 1430. The molecule has 0 bridgehead atoms. The van der Waals surface area contributed by atoms with Gasteiger partial charge in [-0.3, -0.25) is 9.20 Å². The van der Waals surface area contributed by atoms with Gasteiger partial charge in [0.15, 0.2) is 5.65 Å². The molecule has 1 aromatic carbocycles. The summed E-state index contributed by atoms with van der Waals surface area (Å²) >= 11 is -0.302. The summed E-state index contributed by atoms with van der Waals surface area (Å²) in [5.74, 6) is 5.83. The maximum Gasteiger partial charge on any atom is 0.447 e. The summed E-state index contributed by atoms with van der Waals surface area (Å²) in [5.41, 5.74) is -2.99. The van der Waals surface area contributed by atoms with Crippen LogP contribution in [0.4, 0.5) is 28.9 Å². The fourth-order valence-electron chi connectivity index (χ4n) is 4.41. The minimum absolute atomic E-state index is 0.0488. The van der Waals surface area contributed by atoms with Gasteiger partial charge in [-0.2, -0.15) is 13.2 Å². The normalized spacial score (nSPS) is 18.5. The number of benzene rings is 1. The summed E-state index contributed by atoms with van der Waals surface area (Å²) in [7, 11) is 4.83. The second-order valence-electron chi connectivity index (χ2n) is 9.38. The SMILES string of the molecule is CNC(=O)c1ccc(N[C@H](C)C#Cc2nc3c(N[C@@H]4CCN(C)C[C@@H]4F)cccn3c2SC(F)(F)F)c(OC)c1. The zero-order chi connectivity index (χ0) is 29.0. The number of carbonyl (C=O) groups excluding carboxylic acids is 1.